The number of aromatic nitrogens is 2. The third-order valence-electron chi connectivity index (χ3n) is 6.40. The molecule has 1 amide bonds. The number of anilines is 3. The fourth-order valence-electron chi connectivity index (χ4n) is 4.46. The van der Waals surface area contributed by atoms with Crippen LogP contribution < -0.4 is 15.4 Å². The second-order valence-corrected chi connectivity index (χ2v) is 10.3. The summed E-state index contributed by atoms with van der Waals surface area (Å²) < 4.78 is 12.2. The second kappa shape index (κ2) is 14.7. The number of carbonyl (C=O) groups excluding carboxylic acids is 2. The Labute approximate surface area is 242 Å². The molecule has 1 aliphatic rings. The molecule has 212 valence electrons. The summed E-state index contributed by atoms with van der Waals surface area (Å²) >= 11 is 3.49. The van der Waals surface area contributed by atoms with E-state index in [1.807, 2.05) is 43.3 Å². The minimum atomic E-state index is -0.245. The number of rotatable bonds is 12. The van der Waals surface area contributed by atoms with Gasteiger partial charge in [0.2, 0.25) is 5.91 Å². The van der Waals surface area contributed by atoms with Crippen LogP contribution in [-0.2, 0) is 14.3 Å². The van der Waals surface area contributed by atoms with Gasteiger partial charge in [-0.3, -0.25) is 14.5 Å². The highest BCUT2D eigenvalue weighted by Gasteiger charge is 2.19. The lowest BCUT2D eigenvalue weighted by Gasteiger charge is -2.34. The van der Waals surface area contributed by atoms with Crippen LogP contribution in [0, 0.1) is 0 Å². The first-order valence-corrected chi connectivity index (χ1v) is 14.2. The third-order valence-corrected chi connectivity index (χ3v) is 6.89. The van der Waals surface area contributed by atoms with Crippen molar-refractivity contribution in [1.29, 1.82) is 0 Å². The number of nitrogens with zero attached hydrogens (tertiary/aromatic N) is 4. The van der Waals surface area contributed by atoms with Crippen molar-refractivity contribution >= 4 is 55.9 Å². The SMILES string of the molecule is C/C=C/C(=O)Nc1cc2c(Nc3cccc(Br)c3)ncnc2cc1OCCCN1CCN(CC(=O)OCC)CC1. The lowest BCUT2D eigenvalue weighted by Crippen LogP contribution is -2.48. The molecule has 0 saturated carbocycles. The normalized spacial score (nSPS) is 14.4. The summed E-state index contributed by atoms with van der Waals surface area (Å²) in [6.07, 6.45) is 5.48. The van der Waals surface area contributed by atoms with Crippen molar-refractivity contribution in [3.8, 4) is 5.75 Å². The molecule has 2 heterocycles. The van der Waals surface area contributed by atoms with Crippen molar-refractivity contribution in [1.82, 2.24) is 19.8 Å². The molecule has 1 aliphatic heterocycles. The number of esters is 1. The van der Waals surface area contributed by atoms with Gasteiger partial charge in [-0.1, -0.05) is 28.1 Å². The molecule has 2 aromatic carbocycles. The number of fused-ring (bicyclic) bond motifs is 1. The van der Waals surface area contributed by atoms with E-state index in [9.17, 15) is 9.59 Å². The van der Waals surface area contributed by atoms with E-state index in [0.29, 0.717) is 42.5 Å². The molecule has 0 aliphatic carbocycles. The molecule has 0 spiro atoms. The molecule has 0 unspecified atom stereocenters. The number of benzene rings is 2. The average molecular weight is 612 g/mol. The minimum absolute atomic E-state index is 0.168. The molecule has 0 radical (unpaired) electrons. The molecule has 10 nitrogen and oxygen atoms in total. The van der Waals surface area contributed by atoms with Crippen molar-refractivity contribution in [2.45, 2.75) is 20.3 Å². The Bertz CT molecular complexity index is 1340. The number of carbonyl (C=O) groups is 2. The predicted octanol–water partition coefficient (Wildman–Crippen LogP) is 4.60. The van der Waals surface area contributed by atoms with Crippen molar-refractivity contribution in [3.63, 3.8) is 0 Å². The molecule has 40 heavy (non-hydrogen) atoms. The van der Waals surface area contributed by atoms with Crippen LogP contribution in [0.2, 0.25) is 0 Å². The van der Waals surface area contributed by atoms with Crippen LogP contribution in [-0.4, -0.2) is 84.1 Å². The van der Waals surface area contributed by atoms with E-state index in [4.69, 9.17) is 9.47 Å². The van der Waals surface area contributed by atoms with Crippen LogP contribution in [0.5, 0.6) is 5.75 Å². The van der Waals surface area contributed by atoms with E-state index >= 15 is 0 Å². The van der Waals surface area contributed by atoms with Crippen molar-refractivity contribution < 1.29 is 19.1 Å². The zero-order valence-corrected chi connectivity index (χ0v) is 24.4. The zero-order valence-electron chi connectivity index (χ0n) is 22.9. The Balaban J connectivity index is 1.41. The summed E-state index contributed by atoms with van der Waals surface area (Å²) in [6.45, 7) is 9.19. The Morgan fingerprint density at radius 3 is 2.65 bits per heavy atom. The lowest BCUT2D eigenvalue weighted by molar-refractivity contribution is -0.144. The van der Waals surface area contributed by atoms with Crippen LogP contribution in [0.4, 0.5) is 17.2 Å². The second-order valence-electron chi connectivity index (χ2n) is 9.34. The Morgan fingerprint density at radius 2 is 1.90 bits per heavy atom. The number of halogens is 1. The summed E-state index contributed by atoms with van der Waals surface area (Å²) in [6, 6.07) is 11.5. The number of hydrogen-bond donors (Lipinski definition) is 2. The quantitative estimate of drug-likeness (QED) is 0.173. The number of hydrogen-bond acceptors (Lipinski definition) is 9. The first kappa shape index (κ1) is 29.4. The summed E-state index contributed by atoms with van der Waals surface area (Å²) in [4.78, 5) is 37.5. The monoisotopic (exact) mass is 610 g/mol. The zero-order chi connectivity index (χ0) is 28.3. The molecule has 0 bridgehead atoms. The molecule has 2 N–H and O–H groups in total. The van der Waals surface area contributed by atoms with Gasteiger partial charge in [-0.2, -0.15) is 0 Å². The van der Waals surface area contributed by atoms with Gasteiger partial charge < -0.3 is 25.0 Å². The van der Waals surface area contributed by atoms with E-state index in [-0.39, 0.29) is 11.9 Å². The number of piperazine rings is 1. The van der Waals surface area contributed by atoms with Crippen molar-refractivity contribution in [2.24, 2.45) is 0 Å². The molecule has 0 atom stereocenters. The third kappa shape index (κ3) is 8.48. The molecular formula is C29H35BrN6O4. The summed E-state index contributed by atoms with van der Waals surface area (Å²) in [5.41, 5.74) is 2.12. The average Bonchev–Trinajstić information content (AvgIpc) is 2.93. The molecule has 3 aromatic rings. The molecule has 1 saturated heterocycles. The van der Waals surface area contributed by atoms with Gasteiger partial charge in [0.1, 0.15) is 17.9 Å². The smallest absolute Gasteiger partial charge is 0.320 e. The van der Waals surface area contributed by atoms with Gasteiger partial charge in [0.25, 0.3) is 0 Å². The van der Waals surface area contributed by atoms with Gasteiger partial charge in [-0.25, -0.2) is 9.97 Å². The van der Waals surface area contributed by atoms with E-state index < -0.39 is 0 Å². The maximum absolute atomic E-state index is 12.4. The van der Waals surface area contributed by atoms with Crippen LogP contribution in [0.15, 0.2) is 59.4 Å². The van der Waals surface area contributed by atoms with Gasteiger partial charge >= 0.3 is 5.97 Å². The predicted molar refractivity (Wildman–Crippen MR) is 160 cm³/mol. The summed E-state index contributed by atoms with van der Waals surface area (Å²) in [5, 5.41) is 7.02. The van der Waals surface area contributed by atoms with E-state index in [0.717, 1.165) is 54.7 Å². The maximum atomic E-state index is 12.4. The van der Waals surface area contributed by atoms with Crippen LogP contribution in [0.3, 0.4) is 0 Å². The summed E-state index contributed by atoms with van der Waals surface area (Å²) in [7, 11) is 0. The fraction of sp³-hybridized carbons (Fsp3) is 0.379. The van der Waals surface area contributed by atoms with Crippen LogP contribution >= 0.6 is 15.9 Å². The van der Waals surface area contributed by atoms with Gasteiger partial charge in [-0.15, -0.1) is 0 Å². The number of allylic oxidation sites excluding steroid dienone is 1. The highest BCUT2D eigenvalue weighted by molar-refractivity contribution is 9.10. The highest BCUT2D eigenvalue weighted by Crippen LogP contribution is 2.34. The van der Waals surface area contributed by atoms with Crippen molar-refractivity contribution in [2.75, 3.05) is 63.1 Å². The lowest BCUT2D eigenvalue weighted by atomic mass is 10.1. The standard InChI is InChI=1S/C29H35BrN6O4/c1-3-7-27(37)34-25-17-23-24(31-20-32-29(23)33-22-9-5-8-21(30)16-22)18-26(25)40-15-6-10-35-11-13-36(14-12-35)19-28(38)39-4-2/h3,5,7-9,16-18,20H,4,6,10-15,19H2,1-2H3,(H,34,37)(H,31,32,33)/b7-3+. The van der Waals surface area contributed by atoms with Gasteiger partial charge in [0, 0.05) is 54.3 Å². The Hall–Kier alpha value is -3.54. The van der Waals surface area contributed by atoms with E-state index in [1.165, 1.54) is 12.4 Å². The number of nitrogens with one attached hydrogen (secondary N) is 2. The highest BCUT2D eigenvalue weighted by atomic mass is 79.9. The maximum Gasteiger partial charge on any atom is 0.320 e. The number of amides is 1. The van der Waals surface area contributed by atoms with Gasteiger partial charge in [0.15, 0.2) is 0 Å². The van der Waals surface area contributed by atoms with Gasteiger partial charge in [-0.05, 0) is 50.6 Å². The molecule has 11 heteroatoms. The molecule has 1 fully saturated rings. The molecular weight excluding hydrogens is 576 g/mol. The topological polar surface area (TPSA) is 109 Å². The fourth-order valence-corrected chi connectivity index (χ4v) is 4.86. The van der Waals surface area contributed by atoms with Crippen molar-refractivity contribution in [3.05, 3.63) is 59.4 Å². The molecule has 1 aromatic heterocycles. The Kier molecular flexibility index (Phi) is 10.8. The van der Waals surface area contributed by atoms with E-state index in [2.05, 4.69) is 46.3 Å². The largest absolute Gasteiger partial charge is 0.491 e. The molecule has 4 rings (SSSR count). The Morgan fingerprint density at radius 1 is 1.10 bits per heavy atom. The minimum Gasteiger partial charge on any atom is -0.491 e. The van der Waals surface area contributed by atoms with Crippen LogP contribution in [0.25, 0.3) is 10.9 Å². The summed E-state index contributed by atoms with van der Waals surface area (Å²) in [5.74, 6) is 0.763. The van der Waals surface area contributed by atoms with Crippen LogP contribution in [0.1, 0.15) is 20.3 Å². The number of ether oxygens (including phenoxy) is 2. The van der Waals surface area contributed by atoms with Gasteiger partial charge in [0.05, 0.1) is 31.0 Å². The first-order chi connectivity index (χ1) is 19.4. The first-order valence-electron chi connectivity index (χ1n) is 13.4. The van der Waals surface area contributed by atoms with E-state index in [1.54, 1.807) is 13.0 Å².